The number of nitrogens with zero attached hydrogens (tertiary/aromatic N) is 2. The zero-order valence-electron chi connectivity index (χ0n) is 18.6. The van der Waals surface area contributed by atoms with Gasteiger partial charge in [-0.05, 0) is 67.8 Å². The van der Waals surface area contributed by atoms with Crippen LogP contribution in [0.1, 0.15) is 24.8 Å². The van der Waals surface area contributed by atoms with Gasteiger partial charge in [-0.1, -0.05) is 12.2 Å². The maximum absolute atomic E-state index is 13.2. The lowest BCUT2D eigenvalue weighted by atomic mass is 9.85. The molecule has 2 saturated heterocycles. The highest BCUT2D eigenvalue weighted by molar-refractivity contribution is 6.22. The fourth-order valence-corrected chi connectivity index (χ4v) is 4.92. The first kappa shape index (κ1) is 22.0. The second-order valence-electron chi connectivity index (χ2n) is 8.92. The van der Waals surface area contributed by atoms with E-state index < -0.39 is 17.7 Å². The van der Waals surface area contributed by atoms with Crippen LogP contribution < -0.4 is 14.5 Å². The van der Waals surface area contributed by atoms with E-state index in [1.54, 1.807) is 25.1 Å². The van der Waals surface area contributed by atoms with Crippen LogP contribution in [0, 0.1) is 30.5 Å². The van der Waals surface area contributed by atoms with E-state index in [2.05, 4.69) is 0 Å². The molecule has 3 aliphatic rings. The van der Waals surface area contributed by atoms with Gasteiger partial charge in [0.05, 0.1) is 23.4 Å². The fourth-order valence-electron chi connectivity index (χ4n) is 4.92. The van der Waals surface area contributed by atoms with Gasteiger partial charge < -0.3 is 9.64 Å². The summed E-state index contributed by atoms with van der Waals surface area (Å²) in [7, 11) is 0. The van der Waals surface area contributed by atoms with Crippen LogP contribution in [0.2, 0.25) is 0 Å². The van der Waals surface area contributed by atoms with E-state index in [1.807, 2.05) is 12.2 Å². The minimum atomic E-state index is -0.658. The largest absolute Gasteiger partial charge is 0.426 e. The maximum Gasteiger partial charge on any atom is 0.316 e. The smallest absolute Gasteiger partial charge is 0.316 e. The summed E-state index contributed by atoms with van der Waals surface area (Å²) in [5.74, 6) is -2.60. The monoisotopic (exact) mass is 462 g/mol. The average Bonchev–Trinajstić information content (AvgIpc) is 3.33. The summed E-state index contributed by atoms with van der Waals surface area (Å²) in [6.07, 6.45) is 5.01. The van der Waals surface area contributed by atoms with Crippen molar-refractivity contribution in [3.63, 3.8) is 0 Å². The van der Waals surface area contributed by atoms with E-state index in [0.717, 1.165) is 0 Å². The third kappa shape index (κ3) is 3.79. The molecule has 34 heavy (non-hydrogen) atoms. The zero-order valence-corrected chi connectivity index (χ0v) is 18.6. The molecule has 0 saturated carbocycles. The van der Waals surface area contributed by atoms with E-state index in [0.29, 0.717) is 29.8 Å². The van der Waals surface area contributed by atoms with Gasteiger partial charge in [0.15, 0.2) is 0 Å². The van der Waals surface area contributed by atoms with Crippen LogP contribution in [0.4, 0.5) is 15.8 Å². The van der Waals surface area contributed by atoms with Crippen molar-refractivity contribution < 1.29 is 28.3 Å². The number of rotatable bonds is 4. The van der Waals surface area contributed by atoms with Crippen molar-refractivity contribution in [1.29, 1.82) is 0 Å². The summed E-state index contributed by atoms with van der Waals surface area (Å²) in [6, 6.07) is 10.3. The van der Waals surface area contributed by atoms with Gasteiger partial charge in [0.2, 0.25) is 17.7 Å². The van der Waals surface area contributed by atoms with Crippen molar-refractivity contribution in [2.45, 2.75) is 26.2 Å². The first-order chi connectivity index (χ1) is 16.3. The maximum atomic E-state index is 13.2. The number of aryl methyl sites for hydroxylation is 1. The number of carbonyl (C=O) groups is 4. The van der Waals surface area contributed by atoms with Gasteiger partial charge in [-0.25, -0.2) is 9.29 Å². The highest BCUT2D eigenvalue weighted by atomic mass is 19.1. The van der Waals surface area contributed by atoms with Gasteiger partial charge >= 0.3 is 5.97 Å². The van der Waals surface area contributed by atoms with Crippen molar-refractivity contribution in [2.75, 3.05) is 16.3 Å². The molecule has 3 amide bonds. The van der Waals surface area contributed by atoms with Gasteiger partial charge in [0.1, 0.15) is 11.6 Å². The van der Waals surface area contributed by atoms with E-state index in [1.165, 1.54) is 34.1 Å². The normalized spacial score (nSPS) is 24.1. The average molecular weight is 462 g/mol. The Morgan fingerprint density at radius 2 is 1.62 bits per heavy atom. The summed E-state index contributed by atoms with van der Waals surface area (Å²) >= 11 is 0. The Morgan fingerprint density at radius 1 is 0.971 bits per heavy atom. The van der Waals surface area contributed by atoms with Gasteiger partial charge in [-0.15, -0.1) is 0 Å². The molecule has 2 fully saturated rings. The molecule has 8 heteroatoms. The molecule has 1 aliphatic carbocycles. The summed E-state index contributed by atoms with van der Waals surface area (Å²) < 4.78 is 18.7. The molecule has 174 valence electrons. The molecule has 5 rings (SSSR count). The fraction of sp³-hybridized carbons (Fsp3) is 0.308. The number of amides is 3. The molecule has 0 bridgehead atoms. The Hall–Kier alpha value is -3.81. The molecule has 2 heterocycles. The molecular weight excluding hydrogens is 439 g/mol. The van der Waals surface area contributed by atoms with Crippen LogP contribution in [0.5, 0.6) is 5.75 Å². The molecule has 2 aromatic rings. The SMILES string of the molecule is Cc1cc(OC(=O)[C@H]2CC(=O)N(c3ccc(F)cc3)C2)ccc1N1C(=O)[C@H]2CC=CC[C@H]2C1=O. The number of hydrogen-bond acceptors (Lipinski definition) is 5. The van der Waals surface area contributed by atoms with Crippen molar-refractivity contribution in [3.05, 3.63) is 66.0 Å². The number of allylic oxidation sites excluding steroid dienone is 2. The molecule has 7 nitrogen and oxygen atoms in total. The van der Waals surface area contributed by atoms with Crippen LogP contribution in [0.25, 0.3) is 0 Å². The Bertz CT molecular complexity index is 1200. The van der Waals surface area contributed by atoms with Gasteiger partial charge in [0, 0.05) is 18.7 Å². The quantitative estimate of drug-likeness (QED) is 0.300. The minimum absolute atomic E-state index is 0.000862. The molecule has 2 aromatic carbocycles. The molecular formula is C26H23FN2O5. The number of carbonyl (C=O) groups excluding carboxylic acids is 4. The Balaban J connectivity index is 1.28. The summed E-state index contributed by atoms with van der Waals surface area (Å²) in [6.45, 7) is 1.90. The third-order valence-electron chi connectivity index (χ3n) is 6.73. The van der Waals surface area contributed by atoms with Crippen LogP contribution in [0.15, 0.2) is 54.6 Å². The molecule has 0 aromatic heterocycles. The van der Waals surface area contributed by atoms with Gasteiger partial charge in [-0.3, -0.25) is 19.2 Å². The zero-order chi connectivity index (χ0) is 24.0. The lowest BCUT2D eigenvalue weighted by Gasteiger charge is -2.19. The molecule has 0 spiro atoms. The predicted octanol–water partition coefficient (Wildman–Crippen LogP) is 3.55. The number of esters is 1. The first-order valence-electron chi connectivity index (χ1n) is 11.2. The standard InChI is InChI=1S/C26H23FN2O5/c1-15-12-19(10-11-22(15)29-24(31)20-4-2-3-5-21(20)25(29)32)34-26(33)16-13-23(30)28(14-16)18-8-6-17(27)7-9-18/h2-3,6-12,16,20-21H,4-5,13-14H2,1H3/t16-,20-,21+/m0/s1. The second kappa shape index (κ2) is 8.52. The summed E-state index contributed by atoms with van der Waals surface area (Å²) in [4.78, 5) is 53.5. The molecule has 0 unspecified atom stereocenters. The molecule has 2 aliphatic heterocycles. The van der Waals surface area contributed by atoms with Gasteiger partial charge in [0.25, 0.3) is 0 Å². The second-order valence-corrected chi connectivity index (χ2v) is 8.92. The number of hydrogen-bond donors (Lipinski definition) is 0. The number of halogens is 1. The van der Waals surface area contributed by atoms with Crippen LogP contribution in [0.3, 0.4) is 0 Å². The van der Waals surface area contributed by atoms with Crippen LogP contribution in [-0.2, 0) is 19.2 Å². The van der Waals surface area contributed by atoms with E-state index >= 15 is 0 Å². The number of imide groups is 1. The third-order valence-corrected chi connectivity index (χ3v) is 6.73. The van der Waals surface area contributed by atoms with Crippen molar-refractivity contribution in [1.82, 2.24) is 0 Å². The highest BCUT2D eigenvalue weighted by Gasteiger charge is 2.48. The van der Waals surface area contributed by atoms with E-state index in [9.17, 15) is 23.6 Å². The van der Waals surface area contributed by atoms with E-state index in [4.69, 9.17) is 4.74 Å². The Labute approximate surface area is 195 Å². The molecule has 0 N–H and O–H groups in total. The lowest BCUT2D eigenvalue weighted by Crippen LogP contribution is -2.31. The van der Waals surface area contributed by atoms with Gasteiger partial charge in [-0.2, -0.15) is 0 Å². The van der Waals surface area contributed by atoms with Crippen LogP contribution in [-0.4, -0.2) is 30.2 Å². The summed E-state index contributed by atoms with van der Waals surface area (Å²) in [5, 5.41) is 0. The van der Waals surface area contributed by atoms with Crippen molar-refractivity contribution in [2.24, 2.45) is 17.8 Å². The molecule has 0 radical (unpaired) electrons. The number of anilines is 2. The van der Waals surface area contributed by atoms with Crippen LogP contribution >= 0.6 is 0 Å². The Kier molecular flexibility index (Phi) is 5.51. The number of benzene rings is 2. The first-order valence-corrected chi connectivity index (χ1v) is 11.2. The predicted molar refractivity (Wildman–Crippen MR) is 122 cm³/mol. The lowest BCUT2D eigenvalue weighted by molar-refractivity contribution is -0.139. The van der Waals surface area contributed by atoms with E-state index in [-0.39, 0.29) is 48.3 Å². The summed E-state index contributed by atoms with van der Waals surface area (Å²) in [5.41, 5.74) is 1.65. The Morgan fingerprint density at radius 3 is 2.24 bits per heavy atom. The highest BCUT2D eigenvalue weighted by Crippen LogP contribution is 2.39. The van der Waals surface area contributed by atoms with Crippen molar-refractivity contribution in [3.8, 4) is 5.75 Å². The van der Waals surface area contributed by atoms with Crippen molar-refractivity contribution >= 4 is 35.1 Å². The number of ether oxygens (including phenoxy) is 1. The topological polar surface area (TPSA) is 84.0 Å². The molecule has 3 atom stereocenters. The minimum Gasteiger partial charge on any atom is -0.426 e. The number of fused-ring (bicyclic) bond motifs is 1.